The standard InChI is InChI=1S/C37H50N10O6/c1-22-16-26(48)17-23(2)27(22)19-29(43-32(49)28(12-9-15-41-35(38)39)45-36(51)52-37(3,4)5)33(50)44-30(18-25-20-40-21-42-25)34-46-31(47-53-34)14-13-24-10-7-6-8-11-24/h6-8,10-11,16-17,20-21,28-30,48H,9,12-15,18-19H2,1-5H3,(H,40,42)(H,43,49)(H,44,50)(H,45,51)(H4,38,39,41)/t28-,29+,30+/m1/s1. The lowest BCUT2D eigenvalue weighted by molar-refractivity contribution is -0.130. The number of carbonyl (C=O) groups is 3. The second-order valence-electron chi connectivity index (χ2n) is 13.9. The number of aryl methyl sites for hydroxylation is 4. The van der Waals surface area contributed by atoms with Crippen LogP contribution in [0.2, 0.25) is 0 Å². The first kappa shape index (κ1) is 39.8. The van der Waals surface area contributed by atoms with Gasteiger partial charge in [0.15, 0.2) is 11.8 Å². The molecule has 3 atom stereocenters. The third-order valence-electron chi connectivity index (χ3n) is 8.26. The van der Waals surface area contributed by atoms with Crippen LogP contribution in [0.15, 0.2) is 59.5 Å². The highest BCUT2D eigenvalue weighted by atomic mass is 16.6. The zero-order chi connectivity index (χ0) is 38.5. The number of H-pyrrole nitrogens is 1. The number of guanidine groups is 1. The van der Waals surface area contributed by atoms with Crippen LogP contribution in [0.25, 0.3) is 0 Å². The molecule has 0 aliphatic rings. The molecule has 284 valence electrons. The Morgan fingerprint density at radius 2 is 1.70 bits per heavy atom. The van der Waals surface area contributed by atoms with Crippen LogP contribution < -0.4 is 27.0 Å². The van der Waals surface area contributed by atoms with Gasteiger partial charge in [-0.2, -0.15) is 4.98 Å². The molecule has 0 aliphatic heterocycles. The Balaban J connectivity index is 1.60. The average molecular weight is 731 g/mol. The zero-order valence-corrected chi connectivity index (χ0v) is 30.8. The summed E-state index contributed by atoms with van der Waals surface area (Å²) in [6.45, 7) is 9.01. The number of nitrogens with zero attached hydrogens (tertiary/aromatic N) is 3. The van der Waals surface area contributed by atoms with Crippen molar-refractivity contribution in [3.63, 3.8) is 0 Å². The smallest absolute Gasteiger partial charge is 0.408 e. The van der Waals surface area contributed by atoms with E-state index in [0.29, 0.717) is 30.8 Å². The highest BCUT2D eigenvalue weighted by molar-refractivity contribution is 5.91. The number of carbonyl (C=O) groups excluding carboxylic acids is 3. The summed E-state index contributed by atoms with van der Waals surface area (Å²) in [7, 11) is 0. The Morgan fingerprint density at radius 1 is 1.00 bits per heavy atom. The number of rotatable bonds is 17. The maximum absolute atomic E-state index is 14.3. The molecule has 0 aliphatic carbocycles. The first-order valence-electron chi connectivity index (χ1n) is 17.5. The van der Waals surface area contributed by atoms with E-state index in [0.717, 1.165) is 22.3 Å². The number of aromatic amines is 1. The minimum absolute atomic E-state index is 0.0574. The van der Waals surface area contributed by atoms with Crippen molar-refractivity contribution in [1.29, 1.82) is 5.41 Å². The molecular weight excluding hydrogens is 680 g/mol. The van der Waals surface area contributed by atoms with Crippen LogP contribution in [-0.2, 0) is 40.0 Å². The van der Waals surface area contributed by atoms with Crippen molar-refractivity contribution in [3.05, 3.63) is 94.7 Å². The number of phenolic OH excluding ortho intramolecular Hbond substituents is 1. The van der Waals surface area contributed by atoms with Crippen molar-refractivity contribution in [2.24, 2.45) is 5.73 Å². The van der Waals surface area contributed by atoms with Gasteiger partial charge in [0, 0.05) is 32.0 Å². The number of ether oxygens (including phenoxy) is 1. The van der Waals surface area contributed by atoms with E-state index in [2.05, 4.69) is 41.4 Å². The number of amides is 3. The van der Waals surface area contributed by atoms with Gasteiger partial charge in [-0.1, -0.05) is 35.5 Å². The predicted octanol–water partition coefficient (Wildman–Crippen LogP) is 3.18. The molecule has 16 heteroatoms. The molecule has 0 saturated carbocycles. The van der Waals surface area contributed by atoms with Crippen molar-refractivity contribution >= 4 is 23.9 Å². The van der Waals surface area contributed by atoms with Gasteiger partial charge in [0.1, 0.15) is 29.5 Å². The zero-order valence-electron chi connectivity index (χ0n) is 30.8. The molecule has 16 nitrogen and oxygen atoms in total. The molecule has 53 heavy (non-hydrogen) atoms. The van der Waals surface area contributed by atoms with Crippen molar-refractivity contribution < 1.29 is 28.8 Å². The Bertz CT molecular complexity index is 1800. The number of aromatic nitrogens is 4. The van der Waals surface area contributed by atoms with E-state index in [1.165, 1.54) is 6.33 Å². The Labute approximate surface area is 308 Å². The van der Waals surface area contributed by atoms with Gasteiger partial charge in [0.2, 0.25) is 17.7 Å². The summed E-state index contributed by atoms with van der Waals surface area (Å²) in [4.78, 5) is 52.9. The van der Waals surface area contributed by atoms with E-state index in [4.69, 9.17) is 20.4 Å². The van der Waals surface area contributed by atoms with Gasteiger partial charge in [-0.25, -0.2) is 9.78 Å². The van der Waals surface area contributed by atoms with Gasteiger partial charge in [-0.15, -0.1) is 0 Å². The van der Waals surface area contributed by atoms with Crippen molar-refractivity contribution in [2.75, 3.05) is 6.54 Å². The quantitative estimate of drug-likeness (QED) is 0.0445. The van der Waals surface area contributed by atoms with Gasteiger partial charge in [0.05, 0.1) is 12.0 Å². The topological polar surface area (TPSA) is 246 Å². The number of alkyl carbamates (subject to hydrolysis) is 1. The van der Waals surface area contributed by atoms with Gasteiger partial charge < -0.3 is 46.4 Å². The van der Waals surface area contributed by atoms with Crippen molar-refractivity contribution in [3.8, 4) is 5.75 Å². The molecule has 4 rings (SSSR count). The summed E-state index contributed by atoms with van der Waals surface area (Å²) in [6.07, 6.45) is 4.39. The second-order valence-corrected chi connectivity index (χ2v) is 13.9. The Morgan fingerprint density at radius 3 is 2.34 bits per heavy atom. The van der Waals surface area contributed by atoms with Crippen LogP contribution >= 0.6 is 0 Å². The van der Waals surface area contributed by atoms with Gasteiger partial charge >= 0.3 is 6.09 Å². The third kappa shape index (κ3) is 13.0. The molecule has 0 fully saturated rings. The number of benzene rings is 2. The van der Waals surface area contributed by atoms with Crippen LogP contribution in [0.3, 0.4) is 0 Å². The van der Waals surface area contributed by atoms with E-state index in [9.17, 15) is 19.5 Å². The highest BCUT2D eigenvalue weighted by Gasteiger charge is 2.32. The predicted molar refractivity (Wildman–Crippen MR) is 197 cm³/mol. The first-order chi connectivity index (χ1) is 25.2. The van der Waals surface area contributed by atoms with Crippen LogP contribution in [0.1, 0.15) is 79.3 Å². The third-order valence-corrected chi connectivity index (χ3v) is 8.26. The summed E-state index contributed by atoms with van der Waals surface area (Å²) in [6, 6.07) is 10.0. The number of phenols is 1. The molecule has 0 unspecified atom stereocenters. The Hall–Kier alpha value is -5.93. The van der Waals surface area contributed by atoms with Gasteiger partial charge in [-0.3, -0.25) is 15.0 Å². The maximum atomic E-state index is 14.3. The van der Waals surface area contributed by atoms with E-state index in [1.807, 2.05) is 44.2 Å². The van der Waals surface area contributed by atoms with E-state index in [1.54, 1.807) is 39.1 Å². The molecule has 9 N–H and O–H groups in total. The summed E-state index contributed by atoms with van der Waals surface area (Å²) in [5.74, 6) is -0.680. The van der Waals surface area contributed by atoms with Gasteiger partial charge in [-0.05, 0) is 88.3 Å². The van der Waals surface area contributed by atoms with Crippen LogP contribution in [0.5, 0.6) is 5.75 Å². The number of hydrogen-bond donors (Lipinski definition) is 8. The fraction of sp³-hybridized carbons (Fsp3) is 0.432. The van der Waals surface area contributed by atoms with Crippen LogP contribution in [-0.4, -0.2) is 73.3 Å². The van der Waals surface area contributed by atoms with Crippen molar-refractivity contribution in [2.45, 2.75) is 96.9 Å². The molecule has 0 radical (unpaired) electrons. The monoisotopic (exact) mass is 730 g/mol. The average Bonchev–Trinajstić information content (AvgIpc) is 3.78. The molecule has 4 aromatic rings. The lowest BCUT2D eigenvalue weighted by Crippen LogP contribution is -2.55. The molecule has 0 bridgehead atoms. The van der Waals surface area contributed by atoms with Crippen LogP contribution in [0, 0.1) is 19.3 Å². The number of nitrogens with two attached hydrogens (primary N) is 1. The number of nitrogens with one attached hydrogen (secondary N) is 6. The van der Waals surface area contributed by atoms with E-state index in [-0.39, 0.29) is 43.4 Å². The lowest BCUT2D eigenvalue weighted by Gasteiger charge is -2.27. The number of hydrogen-bond acceptors (Lipinski definition) is 10. The largest absolute Gasteiger partial charge is 0.508 e. The summed E-state index contributed by atoms with van der Waals surface area (Å²) in [5.41, 5.74) is 8.53. The summed E-state index contributed by atoms with van der Waals surface area (Å²) < 4.78 is 11.1. The molecule has 0 saturated heterocycles. The molecular formula is C37H50N10O6. The summed E-state index contributed by atoms with van der Waals surface area (Å²) >= 11 is 0. The van der Waals surface area contributed by atoms with Crippen molar-refractivity contribution in [1.82, 2.24) is 41.4 Å². The van der Waals surface area contributed by atoms with E-state index < -0.39 is 41.6 Å². The molecule has 2 aromatic carbocycles. The minimum Gasteiger partial charge on any atom is -0.508 e. The summed E-state index contributed by atoms with van der Waals surface area (Å²) in [5, 5.41) is 32.9. The second kappa shape index (κ2) is 18.5. The normalized spacial score (nSPS) is 13.0. The number of aromatic hydroxyl groups is 1. The van der Waals surface area contributed by atoms with Gasteiger partial charge in [0.25, 0.3) is 0 Å². The van der Waals surface area contributed by atoms with E-state index >= 15 is 0 Å². The minimum atomic E-state index is -1.15. The fourth-order valence-corrected chi connectivity index (χ4v) is 5.72. The number of imidazole rings is 1. The molecule has 2 aromatic heterocycles. The maximum Gasteiger partial charge on any atom is 0.408 e. The fourth-order valence-electron chi connectivity index (χ4n) is 5.72. The molecule has 0 spiro atoms. The van der Waals surface area contributed by atoms with Crippen LogP contribution in [0.4, 0.5) is 4.79 Å². The first-order valence-corrected chi connectivity index (χ1v) is 17.5. The highest BCUT2D eigenvalue weighted by Crippen LogP contribution is 2.23. The lowest BCUT2D eigenvalue weighted by atomic mass is 9.95. The molecule has 2 heterocycles. The SMILES string of the molecule is Cc1cc(O)cc(C)c1C[C@H](NC(=O)[C@@H](CCCNC(=N)N)NC(=O)OC(C)(C)C)C(=O)N[C@@H](Cc1c[nH]cn1)c1nc(CCc2ccccc2)no1. The molecule has 3 amide bonds. The Kier molecular flexibility index (Phi) is 13.9.